The van der Waals surface area contributed by atoms with Gasteiger partial charge in [-0.3, -0.25) is 4.79 Å². The SMILES string of the molecule is CCOC(=O)C(=O)/C=C(\O)c1ccc(OC)cc1. The summed E-state index contributed by atoms with van der Waals surface area (Å²) in [5.41, 5.74) is 0.411. The van der Waals surface area contributed by atoms with Crippen LogP contribution in [0.5, 0.6) is 5.75 Å². The van der Waals surface area contributed by atoms with E-state index < -0.39 is 11.8 Å². The van der Waals surface area contributed by atoms with Gasteiger partial charge in [-0.05, 0) is 31.2 Å². The molecule has 0 saturated carbocycles. The molecule has 5 nitrogen and oxygen atoms in total. The molecule has 1 aromatic carbocycles. The van der Waals surface area contributed by atoms with E-state index in [1.165, 1.54) is 7.11 Å². The molecule has 0 fully saturated rings. The summed E-state index contributed by atoms with van der Waals surface area (Å²) in [7, 11) is 1.52. The molecule has 0 heterocycles. The predicted molar refractivity (Wildman–Crippen MR) is 65.2 cm³/mol. The fraction of sp³-hybridized carbons (Fsp3) is 0.231. The Morgan fingerprint density at radius 2 is 1.89 bits per heavy atom. The Balaban J connectivity index is 2.81. The van der Waals surface area contributed by atoms with Crippen LogP contribution in [0, 0.1) is 0 Å². The zero-order valence-electron chi connectivity index (χ0n) is 10.2. The number of aliphatic hydroxyl groups is 1. The molecule has 0 aliphatic carbocycles. The number of hydrogen-bond donors (Lipinski definition) is 1. The minimum absolute atomic E-state index is 0.113. The van der Waals surface area contributed by atoms with Gasteiger partial charge >= 0.3 is 5.97 Å². The number of esters is 1. The third-order valence-corrected chi connectivity index (χ3v) is 2.13. The summed E-state index contributed by atoms with van der Waals surface area (Å²) in [6.07, 6.45) is 0.833. The van der Waals surface area contributed by atoms with Crippen molar-refractivity contribution in [2.75, 3.05) is 13.7 Å². The van der Waals surface area contributed by atoms with Gasteiger partial charge in [0.25, 0.3) is 5.78 Å². The van der Waals surface area contributed by atoms with Crippen LogP contribution < -0.4 is 4.74 Å². The molecule has 0 atom stereocenters. The molecule has 96 valence electrons. The van der Waals surface area contributed by atoms with Crippen LogP contribution in [-0.4, -0.2) is 30.6 Å². The van der Waals surface area contributed by atoms with Crippen molar-refractivity contribution in [1.29, 1.82) is 0 Å². The lowest BCUT2D eigenvalue weighted by Crippen LogP contribution is -2.15. The molecule has 0 aliphatic heterocycles. The fourth-order valence-corrected chi connectivity index (χ4v) is 1.23. The molecular weight excluding hydrogens is 236 g/mol. The largest absolute Gasteiger partial charge is 0.507 e. The van der Waals surface area contributed by atoms with Crippen LogP contribution in [0.1, 0.15) is 12.5 Å². The van der Waals surface area contributed by atoms with Gasteiger partial charge in [0.1, 0.15) is 11.5 Å². The van der Waals surface area contributed by atoms with Gasteiger partial charge in [0.05, 0.1) is 13.7 Å². The average molecular weight is 250 g/mol. The monoisotopic (exact) mass is 250 g/mol. The van der Waals surface area contributed by atoms with Crippen molar-refractivity contribution in [2.24, 2.45) is 0 Å². The highest BCUT2D eigenvalue weighted by Crippen LogP contribution is 2.16. The molecular formula is C13H14O5. The summed E-state index contributed by atoms with van der Waals surface area (Å²) in [5, 5.41) is 9.66. The minimum Gasteiger partial charge on any atom is -0.507 e. The highest BCUT2D eigenvalue weighted by Gasteiger charge is 2.13. The lowest BCUT2D eigenvalue weighted by Gasteiger charge is -2.02. The second-order valence-corrected chi connectivity index (χ2v) is 3.34. The molecule has 0 aliphatic rings. The zero-order chi connectivity index (χ0) is 13.5. The van der Waals surface area contributed by atoms with Gasteiger partial charge in [-0.25, -0.2) is 4.79 Å². The van der Waals surface area contributed by atoms with E-state index >= 15 is 0 Å². The first-order valence-corrected chi connectivity index (χ1v) is 5.34. The van der Waals surface area contributed by atoms with Gasteiger partial charge in [-0.15, -0.1) is 0 Å². The van der Waals surface area contributed by atoms with Crippen LogP contribution in [0.3, 0.4) is 0 Å². The smallest absolute Gasteiger partial charge is 0.379 e. The third kappa shape index (κ3) is 3.62. The van der Waals surface area contributed by atoms with Crippen LogP contribution in [-0.2, 0) is 14.3 Å². The summed E-state index contributed by atoms with van der Waals surface area (Å²) < 4.78 is 9.47. The van der Waals surface area contributed by atoms with E-state index in [9.17, 15) is 14.7 Å². The number of methoxy groups -OCH3 is 1. The van der Waals surface area contributed by atoms with E-state index in [4.69, 9.17) is 4.74 Å². The van der Waals surface area contributed by atoms with Crippen LogP contribution in [0.15, 0.2) is 30.3 Å². The Morgan fingerprint density at radius 3 is 2.39 bits per heavy atom. The third-order valence-electron chi connectivity index (χ3n) is 2.13. The van der Waals surface area contributed by atoms with Gasteiger partial charge in [0, 0.05) is 11.6 Å². The van der Waals surface area contributed by atoms with Gasteiger partial charge in [0.15, 0.2) is 0 Å². The maximum absolute atomic E-state index is 11.3. The second kappa shape index (κ2) is 6.44. The summed E-state index contributed by atoms with van der Waals surface area (Å²) >= 11 is 0. The highest BCUT2D eigenvalue weighted by molar-refractivity contribution is 6.39. The van der Waals surface area contributed by atoms with Crippen molar-refractivity contribution >= 4 is 17.5 Å². The Labute approximate surface area is 105 Å². The zero-order valence-corrected chi connectivity index (χ0v) is 10.2. The fourth-order valence-electron chi connectivity index (χ4n) is 1.23. The van der Waals surface area contributed by atoms with Crippen molar-refractivity contribution < 1.29 is 24.2 Å². The Kier molecular flexibility index (Phi) is 4.92. The predicted octanol–water partition coefficient (Wildman–Crippen LogP) is 1.73. The second-order valence-electron chi connectivity index (χ2n) is 3.34. The van der Waals surface area contributed by atoms with Gasteiger partial charge in [0.2, 0.25) is 0 Å². The highest BCUT2D eigenvalue weighted by atomic mass is 16.5. The van der Waals surface area contributed by atoms with Gasteiger partial charge in [-0.1, -0.05) is 0 Å². The van der Waals surface area contributed by atoms with E-state index in [2.05, 4.69) is 4.74 Å². The molecule has 1 N–H and O–H groups in total. The van der Waals surface area contributed by atoms with Gasteiger partial charge in [-0.2, -0.15) is 0 Å². The molecule has 5 heteroatoms. The number of ether oxygens (including phenoxy) is 2. The number of carbonyl (C=O) groups excluding carboxylic acids is 2. The molecule has 0 saturated heterocycles. The number of aliphatic hydroxyl groups excluding tert-OH is 1. The summed E-state index contributed by atoms with van der Waals surface area (Å²) in [5.74, 6) is -1.55. The van der Waals surface area contributed by atoms with Crippen molar-refractivity contribution in [3.63, 3.8) is 0 Å². The van der Waals surface area contributed by atoms with E-state index in [0.717, 1.165) is 6.08 Å². The first-order valence-electron chi connectivity index (χ1n) is 5.34. The topological polar surface area (TPSA) is 72.8 Å². The molecule has 18 heavy (non-hydrogen) atoms. The molecule has 0 spiro atoms. The maximum atomic E-state index is 11.3. The standard InChI is InChI=1S/C13H14O5/c1-3-18-13(16)12(15)8-11(14)9-4-6-10(17-2)7-5-9/h4-8,14H,3H2,1-2H3/b11-8-. The lowest BCUT2D eigenvalue weighted by molar-refractivity contribution is -0.151. The maximum Gasteiger partial charge on any atom is 0.379 e. The molecule has 0 aromatic heterocycles. The van der Waals surface area contributed by atoms with Gasteiger partial charge < -0.3 is 14.6 Å². The van der Waals surface area contributed by atoms with Crippen LogP contribution >= 0.6 is 0 Å². The van der Waals surface area contributed by atoms with E-state index in [-0.39, 0.29) is 12.4 Å². The Bertz CT molecular complexity index is 459. The first-order chi connectivity index (χ1) is 8.58. The molecule has 0 amide bonds. The normalized spacial score (nSPS) is 10.9. The van der Waals surface area contributed by atoms with Crippen molar-refractivity contribution in [1.82, 2.24) is 0 Å². The molecule has 0 bridgehead atoms. The lowest BCUT2D eigenvalue weighted by atomic mass is 10.1. The molecule has 0 unspecified atom stereocenters. The quantitative estimate of drug-likeness (QED) is 0.373. The summed E-state index contributed by atoms with van der Waals surface area (Å²) in [6, 6.07) is 6.41. The summed E-state index contributed by atoms with van der Waals surface area (Å²) in [4.78, 5) is 22.4. The van der Waals surface area contributed by atoms with Crippen LogP contribution in [0.2, 0.25) is 0 Å². The van der Waals surface area contributed by atoms with E-state index in [1.54, 1.807) is 31.2 Å². The Hall–Kier alpha value is -2.30. The number of benzene rings is 1. The van der Waals surface area contributed by atoms with Crippen LogP contribution in [0.4, 0.5) is 0 Å². The molecule has 0 radical (unpaired) electrons. The average Bonchev–Trinajstić information content (AvgIpc) is 2.39. The van der Waals surface area contributed by atoms with Crippen molar-refractivity contribution in [3.05, 3.63) is 35.9 Å². The van der Waals surface area contributed by atoms with Crippen molar-refractivity contribution in [2.45, 2.75) is 6.92 Å². The summed E-state index contributed by atoms with van der Waals surface area (Å²) in [6.45, 7) is 1.71. The molecule has 1 aromatic rings. The van der Waals surface area contributed by atoms with E-state index in [1.807, 2.05) is 0 Å². The number of hydrogen-bond acceptors (Lipinski definition) is 5. The van der Waals surface area contributed by atoms with Crippen molar-refractivity contribution in [3.8, 4) is 5.75 Å². The Morgan fingerprint density at radius 1 is 1.28 bits per heavy atom. The number of ketones is 1. The minimum atomic E-state index is -0.988. The van der Waals surface area contributed by atoms with E-state index in [0.29, 0.717) is 11.3 Å². The number of carbonyl (C=O) groups is 2. The number of rotatable bonds is 5. The van der Waals surface area contributed by atoms with Crippen LogP contribution in [0.25, 0.3) is 5.76 Å². The molecule has 1 rings (SSSR count). The first kappa shape index (κ1) is 13.8.